The summed E-state index contributed by atoms with van der Waals surface area (Å²) >= 11 is 0. The van der Waals surface area contributed by atoms with Crippen LogP contribution >= 0.6 is 0 Å². The fourth-order valence-electron chi connectivity index (χ4n) is 5.85. The van der Waals surface area contributed by atoms with Gasteiger partial charge in [-0.3, -0.25) is 4.79 Å². The second-order valence-corrected chi connectivity index (χ2v) is 8.20. The quantitative estimate of drug-likeness (QED) is 0.835. The highest BCUT2D eigenvalue weighted by Gasteiger charge is 2.55. The Morgan fingerprint density at radius 3 is 2.05 bits per heavy atom. The van der Waals surface area contributed by atoms with Crippen molar-refractivity contribution < 1.29 is 14.6 Å². The van der Waals surface area contributed by atoms with E-state index < -0.39 is 5.54 Å². The van der Waals surface area contributed by atoms with Gasteiger partial charge in [0.2, 0.25) is 5.91 Å². The lowest BCUT2D eigenvalue weighted by molar-refractivity contribution is -0.150. The van der Waals surface area contributed by atoms with E-state index in [1.54, 1.807) is 0 Å². The molecule has 5 rings (SSSR count). The standard InChI is InChI=1S/C17H27NO3/c19-11-17(1-3-21-4-2-17)18-15(20)16-8-12-5-13(9-16)7-14(6-12)10-16/h12-14,19H,1-11H2,(H,18,20). The Balaban J connectivity index is 1.52. The molecule has 0 atom stereocenters. The minimum absolute atomic E-state index is 0.0362. The molecule has 0 aromatic heterocycles. The molecule has 4 bridgehead atoms. The van der Waals surface area contributed by atoms with Gasteiger partial charge in [0.05, 0.1) is 12.1 Å². The Morgan fingerprint density at radius 1 is 1.05 bits per heavy atom. The zero-order valence-corrected chi connectivity index (χ0v) is 12.8. The van der Waals surface area contributed by atoms with E-state index in [2.05, 4.69) is 5.32 Å². The molecule has 118 valence electrons. The maximum Gasteiger partial charge on any atom is 0.226 e. The molecule has 2 N–H and O–H groups in total. The van der Waals surface area contributed by atoms with Gasteiger partial charge in [0.25, 0.3) is 0 Å². The Labute approximate surface area is 126 Å². The van der Waals surface area contributed by atoms with Crippen LogP contribution in [0.5, 0.6) is 0 Å². The van der Waals surface area contributed by atoms with Gasteiger partial charge in [-0.05, 0) is 69.1 Å². The highest BCUT2D eigenvalue weighted by molar-refractivity contribution is 5.84. The van der Waals surface area contributed by atoms with Crippen LogP contribution in [-0.4, -0.2) is 36.4 Å². The van der Waals surface area contributed by atoms with E-state index in [1.165, 1.54) is 19.3 Å². The summed E-state index contributed by atoms with van der Waals surface area (Å²) < 4.78 is 5.40. The molecular weight excluding hydrogens is 266 g/mol. The van der Waals surface area contributed by atoms with Crippen molar-refractivity contribution in [3.63, 3.8) is 0 Å². The fourth-order valence-corrected chi connectivity index (χ4v) is 5.85. The first-order chi connectivity index (χ1) is 10.1. The lowest BCUT2D eigenvalue weighted by atomic mass is 9.49. The van der Waals surface area contributed by atoms with Crippen LogP contribution in [0.15, 0.2) is 0 Å². The number of amides is 1. The Morgan fingerprint density at radius 2 is 1.57 bits per heavy atom. The van der Waals surface area contributed by atoms with E-state index in [-0.39, 0.29) is 17.9 Å². The number of carbonyl (C=O) groups excluding carboxylic acids is 1. The van der Waals surface area contributed by atoms with Crippen molar-refractivity contribution in [1.29, 1.82) is 0 Å². The van der Waals surface area contributed by atoms with Crippen molar-refractivity contribution in [2.24, 2.45) is 23.2 Å². The molecule has 4 nitrogen and oxygen atoms in total. The molecule has 0 aromatic carbocycles. The Bertz CT molecular complexity index is 392. The van der Waals surface area contributed by atoms with Crippen molar-refractivity contribution in [1.82, 2.24) is 5.32 Å². The van der Waals surface area contributed by atoms with Crippen LogP contribution in [0.25, 0.3) is 0 Å². The predicted molar refractivity (Wildman–Crippen MR) is 78.6 cm³/mol. The number of hydrogen-bond donors (Lipinski definition) is 2. The molecule has 0 unspecified atom stereocenters. The molecule has 21 heavy (non-hydrogen) atoms. The number of rotatable bonds is 3. The van der Waals surface area contributed by atoms with Crippen LogP contribution < -0.4 is 5.32 Å². The zero-order valence-electron chi connectivity index (χ0n) is 12.8. The molecule has 0 aromatic rings. The summed E-state index contributed by atoms with van der Waals surface area (Å²) in [5.74, 6) is 2.57. The van der Waals surface area contributed by atoms with Gasteiger partial charge in [0, 0.05) is 18.6 Å². The topological polar surface area (TPSA) is 58.6 Å². The van der Waals surface area contributed by atoms with Gasteiger partial charge in [-0.1, -0.05) is 0 Å². The van der Waals surface area contributed by atoms with Crippen LogP contribution in [0.4, 0.5) is 0 Å². The number of carbonyl (C=O) groups is 1. The molecule has 4 heteroatoms. The number of aliphatic hydroxyl groups excluding tert-OH is 1. The predicted octanol–water partition coefficient (Wildman–Crippen LogP) is 1.86. The minimum atomic E-state index is -0.432. The van der Waals surface area contributed by atoms with Crippen LogP contribution in [0.3, 0.4) is 0 Å². The van der Waals surface area contributed by atoms with Gasteiger partial charge in [-0.25, -0.2) is 0 Å². The van der Waals surface area contributed by atoms with Crippen molar-refractivity contribution in [3.05, 3.63) is 0 Å². The van der Waals surface area contributed by atoms with Gasteiger partial charge in [0.15, 0.2) is 0 Å². The monoisotopic (exact) mass is 293 g/mol. The minimum Gasteiger partial charge on any atom is -0.394 e. The normalized spacial score (nSPS) is 43.8. The molecular formula is C17H27NO3. The Kier molecular flexibility index (Phi) is 3.30. The smallest absolute Gasteiger partial charge is 0.226 e. The van der Waals surface area contributed by atoms with Crippen LogP contribution in [0, 0.1) is 23.2 Å². The van der Waals surface area contributed by atoms with E-state index in [0.717, 1.165) is 49.9 Å². The highest BCUT2D eigenvalue weighted by Crippen LogP contribution is 2.60. The summed E-state index contributed by atoms with van der Waals surface area (Å²) in [4.78, 5) is 13.1. The second kappa shape index (κ2) is 4.95. The lowest BCUT2D eigenvalue weighted by Gasteiger charge is -2.56. The van der Waals surface area contributed by atoms with Gasteiger partial charge in [-0.2, -0.15) is 0 Å². The lowest BCUT2D eigenvalue weighted by Crippen LogP contribution is -2.61. The van der Waals surface area contributed by atoms with E-state index >= 15 is 0 Å². The first-order valence-electron chi connectivity index (χ1n) is 8.64. The van der Waals surface area contributed by atoms with E-state index in [9.17, 15) is 9.90 Å². The molecule has 1 heterocycles. The number of aliphatic hydroxyl groups is 1. The summed E-state index contributed by atoms with van der Waals surface area (Å²) in [6, 6.07) is 0. The summed E-state index contributed by atoms with van der Waals surface area (Å²) in [6.45, 7) is 1.32. The van der Waals surface area contributed by atoms with Crippen molar-refractivity contribution in [3.8, 4) is 0 Å². The molecule has 0 spiro atoms. The number of ether oxygens (including phenoxy) is 1. The molecule has 5 fully saturated rings. The van der Waals surface area contributed by atoms with E-state index in [4.69, 9.17) is 4.74 Å². The third-order valence-corrected chi connectivity index (χ3v) is 6.65. The molecule has 1 amide bonds. The maximum absolute atomic E-state index is 13.1. The molecule has 1 saturated heterocycles. The van der Waals surface area contributed by atoms with Crippen LogP contribution in [0.2, 0.25) is 0 Å². The van der Waals surface area contributed by atoms with E-state index in [0.29, 0.717) is 13.2 Å². The average Bonchev–Trinajstić information content (AvgIpc) is 2.47. The summed E-state index contributed by atoms with van der Waals surface area (Å²) in [6.07, 6.45) is 8.79. The van der Waals surface area contributed by atoms with Crippen LogP contribution in [0.1, 0.15) is 51.4 Å². The molecule has 0 radical (unpaired) electrons. The van der Waals surface area contributed by atoms with Gasteiger partial charge >= 0.3 is 0 Å². The summed E-state index contributed by atoms with van der Waals surface area (Å²) in [7, 11) is 0. The van der Waals surface area contributed by atoms with Crippen molar-refractivity contribution >= 4 is 5.91 Å². The average molecular weight is 293 g/mol. The highest BCUT2D eigenvalue weighted by atomic mass is 16.5. The maximum atomic E-state index is 13.1. The zero-order chi connectivity index (χ0) is 14.5. The molecule has 1 aliphatic heterocycles. The first-order valence-corrected chi connectivity index (χ1v) is 8.64. The van der Waals surface area contributed by atoms with Gasteiger partial charge in [-0.15, -0.1) is 0 Å². The largest absolute Gasteiger partial charge is 0.394 e. The van der Waals surface area contributed by atoms with Crippen molar-refractivity contribution in [2.75, 3.05) is 19.8 Å². The SMILES string of the molecule is O=C(NC1(CO)CCOCC1)C12CC3CC(CC(C3)C1)C2. The van der Waals surface area contributed by atoms with E-state index in [1.807, 2.05) is 0 Å². The second-order valence-electron chi connectivity index (χ2n) is 8.20. The summed E-state index contributed by atoms with van der Waals surface area (Å²) in [5.41, 5.74) is -0.548. The third-order valence-electron chi connectivity index (χ3n) is 6.65. The fraction of sp³-hybridized carbons (Fsp3) is 0.941. The summed E-state index contributed by atoms with van der Waals surface area (Å²) in [5, 5.41) is 13.1. The Hall–Kier alpha value is -0.610. The van der Waals surface area contributed by atoms with Crippen LogP contribution in [-0.2, 0) is 9.53 Å². The molecule has 4 aliphatic carbocycles. The number of nitrogens with one attached hydrogen (secondary N) is 1. The number of hydrogen-bond acceptors (Lipinski definition) is 3. The third kappa shape index (κ3) is 2.31. The van der Waals surface area contributed by atoms with Crippen molar-refractivity contribution in [2.45, 2.75) is 56.9 Å². The van der Waals surface area contributed by atoms with Gasteiger partial charge < -0.3 is 15.2 Å². The first kappa shape index (κ1) is 14.0. The molecule has 5 aliphatic rings. The van der Waals surface area contributed by atoms with Gasteiger partial charge in [0.1, 0.15) is 0 Å². The molecule has 4 saturated carbocycles.